The van der Waals surface area contributed by atoms with Gasteiger partial charge in [-0.05, 0) is 30.2 Å². The van der Waals surface area contributed by atoms with Gasteiger partial charge in [0, 0.05) is 19.4 Å². The number of nitrogens with zero attached hydrogens (tertiary/aromatic N) is 2. The molecule has 0 fully saturated rings. The third-order valence-corrected chi connectivity index (χ3v) is 3.68. The third kappa shape index (κ3) is 4.21. The summed E-state index contributed by atoms with van der Waals surface area (Å²) in [5, 5.41) is 0.357. The van der Waals surface area contributed by atoms with E-state index in [1.54, 1.807) is 24.2 Å². The van der Waals surface area contributed by atoms with E-state index in [-0.39, 0.29) is 5.91 Å². The van der Waals surface area contributed by atoms with Crippen LogP contribution in [0.5, 0.6) is 5.75 Å². The van der Waals surface area contributed by atoms with Crippen LogP contribution in [0.1, 0.15) is 22.8 Å². The van der Waals surface area contributed by atoms with Gasteiger partial charge >= 0.3 is 0 Å². The number of aryl methyl sites for hydroxylation is 1. The first-order chi connectivity index (χ1) is 10.6. The molecule has 1 aromatic carbocycles. The molecular weight excluding hydrogens is 300 g/mol. The average molecular weight is 319 g/mol. The molecule has 2 aromatic rings. The zero-order valence-corrected chi connectivity index (χ0v) is 13.5. The summed E-state index contributed by atoms with van der Waals surface area (Å²) in [5.74, 6) is 0.664. The first-order valence-electron chi connectivity index (χ1n) is 7.18. The Morgan fingerprint density at radius 3 is 2.64 bits per heavy atom. The highest BCUT2D eigenvalue weighted by molar-refractivity contribution is 6.33. The first-order valence-corrected chi connectivity index (χ1v) is 7.56. The van der Waals surface area contributed by atoms with Crippen molar-refractivity contribution in [3.63, 3.8) is 0 Å². The van der Waals surface area contributed by atoms with Crippen LogP contribution in [0.25, 0.3) is 0 Å². The second kappa shape index (κ2) is 7.80. The normalized spacial score (nSPS) is 10.3. The molecule has 1 amide bonds. The fourth-order valence-electron chi connectivity index (χ4n) is 1.98. The number of pyridine rings is 1. The average Bonchev–Trinajstić information content (AvgIpc) is 2.55. The lowest BCUT2D eigenvalue weighted by molar-refractivity contribution is 0.0774. The summed E-state index contributed by atoms with van der Waals surface area (Å²) < 4.78 is 5.65. The van der Waals surface area contributed by atoms with Crippen molar-refractivity contribution in [2.24, 2.45) is 0 Å². The maximum absolute atomic E-state index is 12.2. The van der Waals surface area contributed by atoms with Crippen LogP contribution in [0.3, 0.4) is 0 Å². The number of rotatable bonds is 6. The van der Waals surface area contributed by atoms with Crippen molar-refractivity contribution in [1.29, 1.82) is 0 Å². The number of benzene rings is 1. The zero-order chi connectivity index (χ0) is 15.9. The Labute approximate surface area is 135 Å². The number of carbonyl (C=O) groups is 1. The van der Waals surface area contributed by atoms with E-state index in [1.807, 2.05) is 24.3 Å². The molecule has 5 heteroatoms. The number of likely N-dealkylation sites (N-methyl/N-ethyl adjacent to an activating group) is 1. The second-order valence-corrected chi connectivity index (χ2v) is 5.34. The van der Waals surface area contributed by atoms with Crippen molar-refractivity contribution in [2.45, 2.75) is 13.3 Å². The fourth-order valence-corrected chi connectivity index (χ4v) is 2.18. The Balaban J connectivity index is 1.85. The topological polar surface area (TPSA) is 42.4 Å². The first kappa shape index (κ1) is 16.3. The van der Waals surface area contributed by atoms with E-state index in [0.29, 0.717) is 23.7 Å². The van der Waals surface area contributed by atoms with Crippen LogP contribution in [-0.2, 0) is 6.42 Å². The Morgan fingerprint density at radius 1 is 1.27 bits per heavy atom. The highest BCUT2D eigenvalue weighted by Crippen LogP contribution is 2.15. The van der Waals surface area contributed by atoms with E-state index < -0.39 is 0 Å². The van der Waals surface area contributed by atoms with Crippen molar-refractivity contribution in [3.05, 3.63) is 58.9 Å². The second-order valence-electron chi connectivity index (χ2n) is 4.93. The number of ether oxygens (including phenoxy) is 1. The van der Waals surface area contributed by atoms with Crippen LogP contribution < -0.4 is 4.74 Å². The van der Waals surface area contributed by atoms with E-state index in [1.165, 1.54) is 11.8 Å². The summed E-state index contributed by atoms with van der Waals surface area (Å²) >= 11 is 5.98. The molecule has 2 rings (SSSR count). The van der Waals surface area contributed by atoms with Gasteiger partial charge in [0.1, 0.15) is 12.4 Å². The molecule has 0 aliphatic rings. The van der Waals surface area contributed by atoms with Gasteiger partial charge in [0.2, 0.25) is 0 Å². The van der Waals surface area contributed by atoms with Gasteiger partial charge in [0.25, 0.3) is 5.91 Å². The minimum atomic E-state index is -0.141. The van der Waals surface area contributed by atoms with Crippen molar-refractivity contribution >= 4 is 17.5 Å². The van der Waals surface area contributed by atoms with Gasteiger partial charge in [-0.2, -0.15) is 0 Å². The van der Waals surface area contributed by atoms with Crippen molar-refractivity contribution in [1.82, 2.24) is 9.88 Å². The number of hydrogen-bond acceptors (Lipinski definition) is 3. The van der Waals surface area contributed by atoms with E-state index in [0.717, 1.165) is 12.2 Å². The molecule has 1 aromatic heterocycles. The van der Waals surface area contributed by atoms with Crippen LogP contribution in [0, 0.1) is 0 Å². The largest absolute Gasteiger partial charge is 0.492 e. The molecular formula is C17H19ClN2O2. The lowest BCUT2D eigenvalue weighted by atomic mass is 10.2. The van der Waals surface area contributed by atoms with Crippen LogP contribution in [-0.4, -0.2) is 36.0 Å². The summed E-state index contributed by atoms with van der Waals surface area (Å²) in [6.07, 6.45) is 4.03. The van der Waals surface area contributed by atoms with Crippen LogP contribution >= 0.6 is 11.6 Å². The minimum absolute atomic E-state index is 0.141. The zero-order valence-electron chi connectivity index (χ0n) is 12.8. The number of amides is 1. The van der Waals surface area contributed by atoms with Gasteiger partial charge in [0.15, 0.2) is 0 Å². The SMILES string of the molecule is CCc1ccc(OCCN(C)C(=O)c2ccncc2Cl)cc1. The maximum atomic E-state index is 12.2. The summed E-state index contributed by atoms with van der Waals surface area (Å²) in [6.45, 7) is 3.02. The predicted octanol–water partition coefficient (Wildman–Crippen LogP) is 3.45. The van der Waals surface area contributed by atoms with Crippen LogP contribution in [0.15, 0.2) is 42.7 Å². The third-order valence-electron chi connectivity index (χ3n) is 3.38. The van der Waals surface area contributed by atoms with E-state index in [2.05, 4.69) is 11.9 Å². The Kier molecular flexibility index (Phi) is 5.78. The lowest BCUT2D eigenvalue weighted by Gasteiger charge is -2.18. The molecule has 0 saturated heterocycles. The number of aromatic nitrogens is 1. The number of carbonyl (C=O) groups excluding carboxylic acids is 1. The molecule has 0 aliphatic carbocycles. The summed E-state index contributed by atoms with van der Waals surface area (Å²) in [5.41, 5.74) is 1.72. The molecule has 22 heavy (non-hydrogen) atoms. The van der Waals surface area contributed by atoms with Crippen molar-refractivity contribution < 1.29 is 9.53 Å². The smallest absolute Gasteiger partial charge is 0.255 e. The standard InChI is InChI=1S/C17H19ClN2O2/c1-3-13-4-6-14(7-5-13)22-11-10-20(2)17(21)15-8-9-19-12-16(15)18/h4-9,12H,3,10-11H2,1-2H3. The molecule has 1 heterocycles. The molecule has 0 radical (unpaired) electrons. The maximum Gasteiger partial charge on any atom is 0.255 e. The number of hydrogen-bond donors (Lipinski definition) is 0. The molecule has 4 nitrogen and oxygen atoms in total. The Hall–Kier alpha value is -2.07. The van der Waals surface area contributed by atoms with Crippen LogP contribution in [0.2, 0.25) is 5.02 Å². The predicted molar refractivity (Wildman–Crippen MR) is 87.5 cm³/mol. The highest BCUT2D eigenvalue weighted by atomic mass is 35.5. The van der Waals surface area contributed by atoms with Gasteiger partial charge < -0.3 is 9.64 Å². The summed E-state index contributed by atoms with van der Waals surface area (Å²) in [6, 6.07) is 9.59. The molecule has 0 aliphatic heterocycles. The van der Waals surface area contributed by atoms with Gasteiger partial charge in [-0.3, -0.25) is 9.78 Å². The quantitative estimate of drug-likeness (QED) is 0.819. The molecule has 0 unspecified atom stereocenters. The van der Waals surface area contributed by atoms with E-state index in [9.17, 15) is 4.79 Å². The molecule has 0 saturated carbocycles. The lowest BCUT2D eigenvalue weighted by Crippen LogP contribution is -2.31. The number of halogens is 1. The van der Waals surface area contributed by atoms with Gasteiger partial charge in [-0.1, -0.05) is 30.7 Å². The summed E-state index contributed by atoms with van der Waals surface area (Å²) in [7, 11) is 1.72. The molecule has 0 bridgehead atoms. The molecule has 0 spiro atoms. The van der Waals surface area contributed by atoms with Crippen molar-refractivity contribution in [2.75, 3.05) is 20.2 Å². The fraction of sp³-hybridized carbons (Fsp3) is 0.294. The molecule has 0 atom stereocenters. The Bertz CT molecular complexity index is 629. The van der Waals surface area contributed by atoms with Gasteiger partial charge in [-0.25, -0.2) is 0 Å². The van der Waals surface area contributed by atoms with Gasteiger partial charge in [-0.15, -0.1) is 0 Å². The summed E-state index contributed by atoms with van der Waals surface area (Å²) in [4.78, 5) is 17.7. The van der Waals surface area contributed by atoms with E-state index in [4.69, 9.17) is 16.3 Å². The monoisotopic (exact) mass is 318 g/mol. The molecule has 0 N–H and O–H groups in total. The molecule has 116 valence electrons. The Morgan fingerprint density at radius 2 is 2.00 bits per heavy atom. The van der Waals surface area contributed by atoms with Crippen LogP contribution in [0.4, 0.5) is 0 Å². The highest BCUT2D eigenvalue weighted by Gasteiger charge is 2.14. The van der Waals surface area contributed by atoms with Crippen molar-refractivity contribution in [3.8, 4) is 5.75 Å². The van der Waals surface area contributed by atoms with E-state index >= 15 is 0 Å². The van der Waals surface area contributed by atoms with Gasteiger partial charge in [0.05, 0.1) is 17.1 Å². The minimum Gasteiger partial charge on any atom is -0.492 e.